The first-order valence-electron chi connectivity index (χ1n) is 6.28. The van der Waals surface area contributed by atoms with Crippen LogP contribution in [0.2, 0.25) is 5.02 Å². The van der Waals surface area contributed by atoms with Crippen molar-refractivity contribution in [2.45, 2.75) is 6.92 Å². The van der Waals surface area contributed by atoms with Crippen LogP contribution in [0.5, 0.6) is 0 Å². The Kier molecular flexibility index (Phi) is 4.55. The maximum Gasteiger partial charge on any atom is 0.274 e. The van der Waals surface area contributed by atoms with Crippen LogP contribution in [-0.4, -0.2) is 23.8 Å². The predicted molar refractivity (Wildman–Crippen MR) is 81.8 cm³/mol. The number of rotatable bonds is 3. The smallest absolute Gasteiger partial charge is 0.274 e. The van der Waals surface area contributed by atoms with Crippen LogP contribution in [0.25, 0.3) is 0 Å². The third kappa shape index (κ3) is 3.58. The molecule has 0 aliphatic carbocycles. The molecule has 2 aromatic rings. The molecule has 0 saturated heterocycles. The van der Waals surface area contributed by atoms with Crippen molar-refractivity contribution >= 4 is 29.1 Å². The van der Waals surface area contributed by atoms with Crippen LogP contribution in [0, 0.1) is 6.92 Å². The number of halogens is 1. The molecule has 6 heteroatoms. The van der Waals surface area contributed by atoms with E-state index in [4.69, 9.17) is 11.6 Å². The molecule has 0 unspecified atom stereocenters. The number of pyridine rings is 1. The zero-order chi connectivity index (χ0) is 15.4. The minimum Gasteiger partial charge on any atom is -0.355 e. The van der Waals surface area contributed by atoms with Gasteiger partial charge in [-0.1, -0.05) is 17.7 Å². The SMILES string of the molecule is CNC(=O)c1ccc(Cl)c(NC(=O)c2cccc(C)n2)c1. The van der Waals surface area contributed by atoms with Crippen molar-refractivity contribution in [1.29, 1.82) is 0 Å². The van der Waals surface area contributed by atoms with Crippen LogP contribution in [0.15, 0.2) is 36.4 Å². The molecule has 0 radical (unpaired) electrons. The maximum absolute atomic E-state index is 12.1. The molecular formula is C15H14ClN3O2. The molecule has 108 valence electrons. The summed E-state index contributed by atoms with van der Waals surface area (Å²) >= 11 is 6.04. The average Bonchev–Trinajstić information content (AvgIpc) is 2.48. The fourth-order valence-electron chi connectivity index (χ4n) is 1.76. The molecule has 0 spiro atoms. The Bertz CT molecular complexity index is 701. The molecule has 2 amide bonds. The number of nitrogens with zero attached hydrogens (tertiary/aromatic N) is 1. The van der Waals surface area contributed by atoms with Crippen molar-refractivity contribution in [1.82, 2.24) is 10.3 Å². The Morgan fingerprint density at radius 3 is 2.57 bits per heavy atom. The summed E-state index contributed by atoms with van der Waals surface area (Å²) in [5.41, 5.74) is 1.81. The first-order chi connectivity index (χ1) is 10.0. The standard InChI is InChI=1S/C15H14ClN3O2/c1-9-4-3-5-12(18-9)15(21)19-13-8-10(14(20)17-2)6-7-11(13)16/h3-8H,1-2H3,(H,17,20)(H,19,21). The molecule has 21 heavy (non-hydrogen) atoms. The van der Waals surface area contributed by atoms with Gasteiger partial charge in [0.15, 0.2) is 0 Å². The van der Waals surface area contributed by atoms with E-state index < -0.39 is 0 Å². The monoisotopic (exact) mass is 303 g/mol. The largest absolute Gasteiger partial charge is 0.355 e. The van der Waals surface area contributed by atoms with Gasteiger partial charge < -0.3 is 10.6 Å². The van der Waals surface area contributed by atoms with Gasteiger partial charge in [0.25, 0.3) is 11.8 Å². The van der Waals surface area contributed by atoms with Gasteiger partial charge in [0.05, 0.1) is 10.7 Å². The fourth-order valence-corrected chi connectivity index (χ4v) is 1.93. The molecule has 0 atom stereocenters. The Morgan fingerprint density at radius 2 is 1.90 bits per heavy atom. The van der Waals surface area contributed by atoms with E-state index in [9.17, 15) is 9.59 Å². The Labute approximate surface area is 127 Å². The number of hydrogen-bond acceptors (Lipinski definition) is 3. The second-order valence-corrected chi connectivity index (χ2v) is 4.80. The van der Waals surface area contributed by atoms with Gasteiger partial charge in [0.2, 0.25) is 0 Å². The second kappa shape index (κ2) is 6.37. The lowest BCUT2D eigenvalue weighted by Gasteiger charge is -2.09. The van der Waals surface area contributed by atoms with Crippen molar-refractivity contribution in [3.05, 3.63) is 58.4 Å². The highest BCUT2D eigenvalue weighted by atomic mass is 35.5. The molecule has 1 aromatic heterocycles. The maximum atomic E-state index is 12.1. The zero-order valence-electron chi connectivity index (χ0n) is 11.6. The van der Waals surface area contributed by atoms with Gasteiger partial charge in [-0.2, -0.15) is 0 Å². The molecule has 5 nitrogen and oxygen atoms in total. The Morgan fingerprint density at radius 1 is 1.14 bits per heavy atom. The van der Waals surface area contributed by atoms with E-state index >= 15 is 0 Å². The molecular weight excluding hydrogens is 290 g/mol. The summed E-state index contributed by atoms with van der Waals surface area (Å²) in [4.78, 5) is 27.9. The number of hydrogen-bond donors (Lipinski definition) is 2. The van der Waals surface area contributed by atoms with Crippen LogP contribution in [0.4, 0.5) is 5.69 Å². The summed E-state index contributed by atoms with van der Waals surface area (Å²) in [5.74, 6) is -0.634. The van der Waals surface area contributed by atoms with Crippen LogP contribution in [0.3, 0.4) is 0 Å². The van der Waals surface area contributed by atoms with Crippen molar-refractivity contribution in [3.63, 3.8) is 0 Å². The quantitative estimate of drug-likeness (QED) is 0.915. The van der Waals surface area contributed by atoms with Crippen molar-refractivity contribution in [2.24, 2.45) is 0 Å². The van der Waals surface area contributed by atoms with E-state index in [-0.39, 0.29) is 17.5 Å². The molecule has 2 rings (SSSR count). The summed E-state index contributed by atoms with van der Waals surface area (Å²) in [6, 6.07) is 9.83. The van der Waals surface area contributed by atoms with Gasteiger partial charge >= 0.3 is 0 Å². The van der Waals surface area contributed by atoms with E-state index in [2.05, 4.69) is 15.6 Å². The molecule has 0 fully saturated rings. The summed E-state index contributed by atoms with van der Waals surface area (Å²) in [6.07, 6.45) is 0. The minimum absolute atomic E-state index is 0.254. The highest BCUT2D eigenvalue weighted by Crippen LogP contribution is 2.23. The zero-order valence-corrected chi connectivity index (χ0v) is 12.4. The minimum atomic E-state index is -0.380. The van der Waals surface area contributed by atoms with Crippen molar-refractivity contribution in [3.8, 4) is 0 Å². The van der Waals surface area contributed by atoms with E-state index in [1.807, 2.05) is 0 Å². The van der Waals surface area contributed by atoms with Gasteiger partial charge in [-0.15, -0.1) is 0 Å². The lowest BCUT2D eigenvalue weighted by molar-refractivity contribution is 0.0961. The van der Waals surface area contributed by atoms with Gasteiger partial charge in [-0.3, -0.25) is 9.59 Å². The highest BCUT2D eigenvalue weighted by molar-refractivity contribution is 6.34. The van der Waals surface area contributed by atoms with Crippen LogP contribution in [-0.2, 0) is 0 Å². The molecule has 0 aliphatic heterocycles. The number of carbonyl (C=O) groups is 2. The third-order valence-corrected chi connectivity index (χ3v) is 3.15. The second-order valence-electron chi connectivity index (χ2n) is 4.39. The summed E-state index contributed by atoms with van der Waals surface area (Å²) in [6.45, 7) is 1.80. The van der Waals surface area contributed by atoms with E-state index in [1.165, 1.54) is 13.1 Å². The van der Waals surface area contributed by atoms with Gasteiger partial charge in [-0.25, -0.2) is 4.98 Å². The molecule has 0 saturated carbocycles. The summed E-state index contributed by atoms with van der Waals surface area (Å²) in [5, 5.41) is 5.52. The molecule has 0 aliphatic rings. The molecule has 1 aromatic carbocycles. The predicted octanol–water partition coefficient (Wildman–Crippen LogP) is 2.66. The van der Waals surface area contributed by atoms with Gasteiger partial charge in [0.1, 0.15) is 5.69 Å². The van der Waals surface area contributed by atoms with E-state index in [0.29, 0.717) is 16.3 Å². The van der Waals surface area contributed by atoms with Gasteiger partial charge in [0, 0.05) is 18.3 Å². The number of carbonyl (C=O) groups excluding carboxylic acids is 2. The fraction of sp³-hybridized carbons (Fsp3) is 0.133. The van der Waals surface area contributed by atoms with E-state index in [1.54, 1.807) is 37.3 Å². The lowest BCUT2D eigenvalue weighted by Crippen LogP contribution is -2.19. The van der Waals surface area contributed by atoms with E-state index in [0.717, 1.165) is 5.69 Å². The van der Waals surface area contributed by atoms with Crippen LogP contribution < -0.4 is 10.6 Å². The lowest BCUT2D eigenvalue weighted by atomic mass is 10.2. The normalized spacial score (nSPS) is 10.0. The molecule has 1 heterocycles. The number of aromatic nitrogens is 1. The molecule has 2 N–H and O–H groups in total. The first-order valence-corrected chi connectivity index (χ1v) is 6.65. The number of aryl methyl sites for hydroxylation is 1. The highest BCUT2D eigenvalue weighted by Gasteiger charge is 2.12. The van der Waals surface area contributed by atoms with Crippen molar-refractivity contribution < 1.29 is 9.59 Å². The molecule has 0 bridgehead atoms. The number of amides is 2. The summed E-state index contributed by atoms with van der Waals surface area (Å²) < 4.78 is 0. The summed E-state index contributed by atoms with van der Waals surface area (Å²) in [7, 11) is 1.53. The number of benzene rings is 1. The first kappa shape index (κ1) is 15.0. The third-order valence-electron chi connectivity index (χ3n) is 2.82. The number of nitrogens with one attached hydrogen (secondary N) is 2. The average molecular weight is 304 g/mol. The van der Waals surface area contributed by atoms with Gasteiger partial charge in [-0.05, 0) is 37.3 Å². The van der Waals surface area contributed by atoms with Crippen LogP contribution in [0.1, 0.15) is 26.5 Å². The topological polar surface area (TPSA) is 71.1 Å². The number of anilines is 1. The Balaban J connectivity index is 2.26. The van der Waals surface area contributed by atoms with Crippen LogP contribution >= 0.6 is 11.6 Å². The van der Waals surface area contributed by atoms with Crippen molar-refractivity contribution in [2.75, 3.05) is 12.4 Å². The Hall–Kier alpha value is -2.40.